The Kier molecular flexibility index (Phi) is 3.09. The monoisotopic (exact) mass is 210 g/mol. The van der Waals surface area contributed by atoms with Crippen molar-refractivity contribution in [1.29, 1.82) is 0 Å². The summed E-state index contributed by atoms with van der Waals surface area (Å²) >= 11 is 0. The number of furan rings is 1. The van der Waals surface area contributed by atoms with E-state index in [1.165, 1.54) is 0 Å². The van der Waals surface area contributed by atoms with Crippen molar-refractivity contribution in [1.82, 2.24) is 5.43 Å². The fourth-order valence-corrected chi connectivity index (χ4v) is 2.25. The highest BCUT2D eigenvalue weighted by Crippen LogP contribution is 2.31. The van der Waals surface area contributed by atoms with Crippen LogP contribution in [0.3, 0.4) is 0 Å². The summed E-state index contributed by atoms with van der Waals surface area (Å²) in [6.45, 7) is 5.54. The topological polar surface area (TPSA) is 60.4 Å². The van der Waals surface area contributed by atoms with Gasteiger partial charge in [0, 0.05) is 18.1 Å². The molecule has 1 saturated heterocycles. The van der Waals surface area contributed by atoms with Crippen LogP contribution in [0.15, 0.2) is 10.5 Å². The van der Waals surface area contributed by atoms with Gasteiger partial charge in [-0.25, -0.2) is 0 Å². The van der Waals surface area contributed by atoms with Crippen molar-refractivity contribution in [3.05, 3.63) is 23.2 Å². The van der Waals surface area contributed by atoms with Crippen molar-refractivity contribution in [3.8, 4) is 0 Å². The van der Waals surface area contributed by atoms with Crippen LogP contribution in [0.5, 0.6) is 0 Å². The summed E-state index contributed by atoms with van der Waals surface area (Å²) in [7, 11) is 0. The van der Waals surface area contributed by atoms with Crippen LogP contribution >= 0.6 is 0 Å². The number of nitrogens with one attached hydrogen (secondary N) is 1. The molecular weight excluding hydrogens is 192 g/mol. The molecule has 84 valence electrons. The maximum absolute atomic E-state index is 5.62. The third-order valence-electron chi connectivity index (χ3n) is 3.03. The molecule has 4 heteroatoms. The minimum Gasteiger partial charge on any atom is -0.466 e. The van der Waals surface area contributed by atoms with E-state index in [0.717, 1.165) is 36.7 Å². The van der Waals surface area contributed by atoms with Gasteiger partial charge in [0.2, 0.25) is 0 Å². The maximum Gasteiger partial charge on any atom is 0.105 e. The lowest BCUT2D eigenvalue weighted by Crippen LogP contribution is -2.34. The van der Waals surface area contributed by atoms with Crippen molar-refractivity contribution in [2.75, 3.05) is 13.2 Å². The highest BCUT2D eigenvalue weighted by Gasteiger charge is 2.28. The molecule has 1 fully saturated rings. The molecule has 0 bridgehead atoms. The van der Waals surface area contributed by atoms with Gasteiger partial charge in [-0.2, -0.15) is 0 Å². The van der Waals surface area contributed by atoms with Crippen molar-refractivity contribution in [3.63, 3.8) is 0 Å². The van der Waals surface area contributed by atoms with E-state index >= 15 is 0 Å². The predicted molar refractivity (Wildman–Crippen MR) is 57.2 cm³/mol. The fourth-order valence-electron chi connectivity index (χ4n) is 2.25. The van der Waals surface area contributed by atoms with Gasteiger partial charge < -0.3 is 9.15 Å². The Morgan fingerprint density at radius 3 is 2.80 bits per heavy atom. The molecular formula is C11H18N2O2. The van der Waals surface area contributed by atoms with E-state index < -0.39 is 0 Å². The molecule has 2 rings (SSSR count). The molecule has 0 aliphatic carbocycles. The Bertz CT molecular complexity index is 329. The van der Waals surface area contributed by atoms with Gasteiger partial charge in [-0.1, -0.05) is 0 Å². The summed E-state index contributed by atoms with van der Waals surface area (Å²) in [4.78, 5) is 0. The second-order valence-corrected chi connectivity index (χ2v) is 4.14. The number of hydrogen-bond donors (Lipinski definition) is 2. The quantitative estimate of drug-likeness (QED) is 0.585. The lowest BCUT2D eigenvalue weighted by Gasteiger charge is -2.20. The highest BCUT2D eigenvalue weighted by atomic mass is 16.5. The summed E-state index contributed by atoms with van der Waals surface area (Å²) in [5.74, 6) is 7.94. The molecule has 0 saturated carbocycles. The van der Waals surface area contributed by atoms with Gasteiger partial charge in [-0.15, -0.1) is 0 Å². The molecule has 4 nitrogen and oxygen atoms in total. The first-order valence-electron chi connectivity index (χ1n) is 5.33. The average Bonchev–Trinajstić information content (AvgIpc) is 2.79. The Hall–Kier alpha value is -0.840. The smallest absolute Gasteiger partial charge is 0.105 e. The number of rotatable bonds is 3. The normalized spacial score (nSPS) is 23.3. The van der Waals surface area contributed by atoms with Crippen LogP contribution in [0.2, 0.25) is 0 Å². The number of hydrogen-bond acceptors (Lipinski definition) is 4. The fraction of sp³-hybridized carbons (Fsp3) is 0.636. The van der Waals surface area contributed by atoms with E-state index in [4.69, 9.17) is 15.0 Å². The summed E-state index contributed by atoms with van der Waals surface area (Å²) in [6, 6.07) is 2.20. The highest BCUT2D eigenvalue weighted by molar-refractivity contribution is 5.24. The molecule has 0 aromatic carbocycles. The van der Waals surface area contributed by atoms with E-state index in [2.05, 4.69) is 11.5 Å². The van der Waals surface area contributed by atoms with Crippen molar-refractivity contribution in [2.45, 2.75) is 26.3 Å². The van der Waals surface area contributed by atoms with E-state index in [0.29, 0.717) is 5.92 Å². The molecule has 0 radical (unpaired) electrons. The summed E-state index contributed by atoms with van der Waals surface area (Å²) in [6.07, 6.45) is 1.05. The standard InChI is InChI=1S/C11H18N2O2/c1-7-5-10(8(2)15-7)11(13-12)9-3-4-14-6-9/h5,9,11,13H,3-4,6,12H2,1-2H3. The molecule has 2 atom stereocenters. The van der Waals surface area contributed by atoms with Crippen LogP contribution in [0.4, 0.5) is 0 Å². The molecule has 3 N–H and O–H groups in total. The van der Waals surface area contributed by atoms with E-state index in [9.17, 15) is 0 Å². The third-order valence-corrected chi connectivity index (χ3v) is 3.03. The van der Waals surface area contributed by atoms with Gasteiger partial charge in [-0.05, 0) is 26.3 Å². The second kappa shape index (κ2) is 4.35. The summed E-state index contributed by atoms with van der Waals surface area (Å²) in [5, 5.41) is 0. The van der Waals surface area contributed by atoms with E-state index in [1.54, 1.807) is 0 Å². The van der Waals surface area contributed by atoms with Crippen LogP contribution in [-0.2, 0) is 4.74 Å². The Morgan fingerprint density at radius 1 is 1.53 bits per heavy atom. The van der Waals surface area contributed by atoms with Gasteiger partial charge in [0.1, 0.15) is 11.5 Å². The first kappa shape index (κ1) is 10.7. The minimum atomic E-state index is 0.143. The zero-order valence-corrected chi connectivity index (χ0v) is 9.25. The van der Waals surface area contributed by atoms with E-state index in [1.807, 2.05) is 13.8 Å². The Morgan fingerprint density at radius 2 is 2.33 bits per heavy atom. The molecule has 1 aliphatic rings. The van der Waals surface area contributed by atoms with Crippen LogP contribution in [0.1, 0.15) is 29.5 Å². The average molecular weight is 210 g/mol. The van der Waals surface area contributed by atoms with Gasteiger partial charge in [-0.3, -0.25) is 11.3 Å². The number of nitrogens with two attached hydrogens (primary N) is 1. The van der Waals surface area contributed by atoms with Crippen molar-refractivity contribution < 1.29 is 9.15 Å². The molecule has 0 amide bonds. The maximum atomic E-state index is 5.62. The Labute approximate surface area is 89.7 Å². The van der Waals surface area contributed by atoms with Crippen LogP contribution in [0.25, 0.3) is 0 Å². The van der Waals surface area contributed by atoms with Crippen LogP contribution in [0, 0.1) is 19.8 Å². The first-order valence-corrected chi connectivity index (χ1v) is 5.33. The summed E-state index contributed by atoms with van der Waals surface area (Å²) in [5.41, 5.74) is 4.03. The van der Waals surface area contributed by atoms with Gasteiger partial charge >= 0.3 is 0 Å². The number of aryl methyl sites for hydroxylation is 2. The molecule has 15 heavy (non-hydrogen) atoms. The van der Waals surface area contributed by atoms with Crippen LogP contribution < -0.4 is 11.3 Å². The predicted octanol–water partition coefficient (Wildman–Crippen LogP) is 1.44. The third kappa shape index (κ3) is 2.07. The van der Waals surface area contributed by atoms with Gasteiger partial charge in [0.25, 0.3) is 0 Å². The van der Waals surface area contributed by atoms with Crippen molar-refractivity contribution in [2.24, 2.45) is 11.8 Å². The van der Waals surface area contributed by atoms with Crippen LogP contribution in [-0.4, -0.2) is 13.2 Å². The molecule has 2 unspecified atom stereocenters. The molecule has 0 spiro atoms. The van der Waals surface area contributed by atoms with Gasteiger partial charge in [0.05, 0.1) is 12.6 Å². The lowest BCUT2D eigenvalue weighted by atomic mass is 9.93. The minimum absolute atomic E-state index is 0.143. The molecule has 2 heterocycles. The van der Waals surface area contributed by atoms with Gasteiger partial charge in [0.15, 0.2) is 0 Å². The first-order chi connectivity index (χ1) is 7.22. The lowest BCUT2D eigenvalue weighted by molar-refractivity contribution is 0.176. The molecule has 1 aromatic rings. The van der Waals surface area contributed by atoms with Crippen molar-refractivity contribution >= 4 is 0 Å². The second-order valence-electron chi connectivity index (χ2n) is 4.14. The van der Waals surface area contributed by atoms with E-state index in [-0.39, 0.29) is 6.04 Å². The number of hydrazine groups is 1. The molecule has 1 aromatic heterocycles. The zero-order chi connectivity index (χ0) is 10.8. The largest absolute Gasteiger partial charge is 0.466 e. The number of ether oxygens (including phenoxy) is 1. The Balaban J connectivity index is 2.21. The SMILES string of the molecule is Cc1cc(C(NN)C2CCOC2)c(C)o1. The molecule has 1 aliphatic heterocycles. The summed E-state index contributed by atoms with van der Waals surface area (Å²) < 4.78 is 10.9. The zero-order valence-electron chi connectivity index (χ0n) is 9.25.